The second-order valence-electron chi connectivity index (χ2n) is 5.36. The predicted molar refractivity (Wildman–Crippen MR) is 106 cm³/mol. The highest BCUT2D eigenvalue weighted by Crippen LogP contribution is 2.36. The zero-order valence-corrected chi connectivity index (χ0v) is 16.4. The van der Waals surface area contributed by atoms with Gasteiger partial charge in [0.05, 0.1) is 33.0 Å². The van der Waals surface area contributed by atoms with E-state index in [0.717, 1.165) is 0 Å². The Morgan fingerprint density at radius 3 is 2.41 bits per heavy atom. The fourth-order valence-corrected chi connectivity index (χ4v) is 2.71. The number of amides is 1. The van der Waals surface area contributed by atoms with Crippen LogP contribution in [-0.4, -0.2) is 33.8 Å². The third kappa shape index (κ3) is 5.31. The van der Waals surface area contributed by atoms with Crippen LogP contribution in [0.2, 0.25) is 5.02 Å². The van der Waals surface area contributed by atoms with Crippen molar-refractivity contribution < 1.29 is 23.7 Å². The Labute approximate surface area is 163 Å². The smallest absolute Gasteiger partial charge is 0.248 e. The lowest BCUT2D eigenvalue weighted by molar-refractivity contribution is -0.111. The number of ether oxygens (including phenoxy) is 4. The van der Waals surface area contributed by atoms with Crippen molar-refractivity contribution in [2.24, 2.45) is 0 Å². The highest BCUT2D eigenvalue weighted by atomic mass is 35.5. The number of halogens is 1. The zero-order chi connectivity index (χ0) is 19.8. The molecule has 27 heavy (non-hydrogen) atoms. The summed E-state index contributed by atoms with van der Waals surface area (Å²) >= 11 is 6.17. The predicted octanol–water partition coefficient (Wildman–Crippen LogP) is 4.42. The second-order valence-corrected chi connectivity index (χ2v) is 5.77. The average Bonchev–Trinajstić information content (AvgIpc) is 2.67. The Kier molecular flexibility index (Phi) is 7.37. The molecule has 6 nitrogen and oxygen atoms in total. The molecule has 0 aromatic heterocycles. The monoisotopic (exact) mass is 391 g/mol. The van der Waals surface area contributed by atoms with E-state index in [1.807, 2.05) is 6.92 Å². The highest BCUT2D eigenvalue weighted by molar-refractivity contribution is 6.32. The largest absolute Gasteiger partial charge is 0.493 e. The molecule has 2 rings (SSSR count). The van der Waals surface area contributed by atoms with E-state index in [-0.39, 0.29) is 5.91 Å². The minimum absolute atomic E-state index is 0.299. The van der Waals surface area contributed by atoms with Crippen molar-refractivity contribution in [3.63, 3.8) is 0 Å². The van der Waals surface area contributed by atoms with Gasteiger partial charge < -0.3 is 24.3 Å². The maximum atomic E-state index is 12.2. The van der Waals surface area contributed by atoms with Gasteiger partial charge in [0.15, 0.2) is 23.0 Å². The second kappa shape index (κ2) is 9.73. The van der Waals surface area contributed by atoms with Crippen LogP contribution < -0.4 is 24.3 Å². The van der Waals surface area contributed by atoms with Gasteiger partial charge in [0, 0.05) is 17.8 Å². The fourth-order valence-electron chi connectivity index (χ4n) is 2.41. The molecule has 0 atom stereocenters. The van der Waals surface area contributed by atoms with Crippen LogP contribution in [-0.2, 0) is 4.79 Å². The topological polar surface area (TPSA) is 66.0 Å². The van der Waals surface area contributed by atoms with Gasteiger partial charge in [-0.1, -0.05) is 11.6 Å². The van der Waals surface area contributed by atoms with Gasteiger partial charge in [-0.05, 0) is 42.8 Å². The van der Waals surface area contributed by atoms with Crippen LogP contribution in [0.25, 0.3) is 6.08 Å². The van der Waals surface area contributed by atoms with Crippen LogP contribution in [0.5, 0.6) is 23.0 Å². The molecular weight excluding hydrogens is 370 g/mol. The Morgan fingerprint density at radius 1 is 1.04 bits per heavy atom. The van der Waals surface area contributed by atoms with Crippen molar-refractivity contribution in [3.05, 3.63) is 47.0 Å². The molecule has 7 heteroatoms. The maximum absolute atomic E-state index is 12.2. The molecule has 0 aliphatic rings. The van der Waals surface area contributed by atoms with E-state index in [9.17, 15) is 4.79 Å². The van der Waals surface area contributed by atoms with E-state index in [1.165, 1.54) is 20.3 Å². The number of rotatable bonds is 8. The minimum Gasteiger partial charge on any atom is -0.493 e. The van der Waals surface area contributed by atoms with Gasteiger partial charge in [-0.15, -0.1) is 0 Å². The van der Waals surface area contributed by atoms with Crippen LogP contribution in [0.1, 0.15) is 12.5 Å². The molecule has 2 aromatic carbocycles. The Balaban J connectivity index is 2.12. The molecule has 0 aliphatic heterocycles. The molecule has 1 amide bonds. The zero-order valence-electron chi connectivity index (χ0n) is 15.7. The quantitative estimate of drug-likeness (QED) is 0.675. The van der Waals surface area contributed by atoms with Gasteiger partial charge in [0.25, 0.3) is 0 Å². The van der Waals surface area contributed by atoms with Crippen molar-refractivity contribution in [1.29, 1.82) is 0 Å². The van der Waals surface area contributed by atoms with Crippen LogP contribution in [0.4, 0.5) is 5.69 Å². The number of carbonyl (C=O) groups excluding carboxylic acids is 1. The molecule has 0 unspecified atom stereocenters. The molecule has 0 saturated carbocycles. The van der Waals surface area contributed by atoms with Crippen molar-refractivity contribution in [3.8, 4) is 23.0 Å². The van der Waals surface area contributed by atoms with E-state index < -0.39 is 0 Å². The number of nitrogens with one attached hydrogen (secondary N) is 1. The van der Waals surface area contributed by atoms with Crippen molar-refractivity contribution >= 4 is 29.3 Å². The SMILES string of the molecule is CCOc1ccc(NC(=O)/C=C/c2cc(Cl)c(OC)c(OC)c2)cc1OC. The van der Waals surface area contributed by atoms with Crippen LogP contribution >= 0.6 is 11.6 Å². The molecule has 0 aliphatic carbocycles. The first-order valence-electron chi connectivity index (χ1n) is 8.23. The first-order valence-corrected chi connectivity index (χ1v) is 8.61. The summed E-state index contributed by atoms with van der Waals surface area (Å²) < 4.78 is 21.2. The first kappa shape index (κ1) is 20.5. The Hall–Kier alpha value is -2.86. The summed E-state index contributed by atoms with van der Waals surface area (Å²) in [7, 11) is 4.58. The van der Waals surface area contributed by atoms with Gasteiger partial charge in [0.2, 0.25) is 5.91 Å². The van der Waals surface area contributed by atoms with Gasteiger partial charge in [-0.3, -0.25) is 4.79 Å². The summed E-state index contributed by atoms with van der Waals surface area (Å²) in [5.41, 5.74) is 1.30. The molecular formula is C20H22ClNO5. The number of carbonyl (C=O) groups is 1. The summed E-state index contributed by atoms with van der Waals surface area (Å²) in [6.07, 6.45) is 3.04. The summed E-state index contributed by atoms with van der Waals surface area (Å²) in [4.78, 5) is 12.2. The molecule has 0 spiro atoms. The molecule has 0 saturated heterocycles. The minimum atomic E-state index is -0.299. The van der Waals surface area contributed by atoms with Gasteiger partial charge in [0.1, 0.15) is 0 Å². The lowest BCUT2D eigenvalue weighted by Gasteiger charge is -2.11. The Bertz CT molecular complexity index is 835. The lowest BCUT2D eigenvalue weighted by atomic mass is 10.2. The fraction of sp³-hybridized carbons (Fsp3) is 0.250. The summed E-state index contributed by atoms with van der Waals surface area (Å²) in [6.45, 7) is 2.42. The highest BCUT2D eigenvalue weighted by Gasteiger charge is 2.10. The van der Waals surface area contributed by atoms with Crippen molar-refractivity contribution in [2.75, 3.05) is 33.3 Å². The van der Waals surface area contributed by atoms with E-state index >= 15 is 0 Å². The first-order chi connectivity index (χ1) is 13.0. The van der Waals surface area contributed by atoms with Crippen LogP contribution in [0, 0.1) is 0 Å². The number of anilines is 1. The van der Waals surface area contributed by atoms with E-state index in [4.69, 9.17) is 30.5 Å². The third-order valence-electron chi connectivity index (χ3n) is 3.61. The summed E-state index contributed by atoms with van der Waals surface area (Å²) in [6, 6.07) is 8.60. The standard InChI is InChI=1S/C20H22ClNO5/c1-5-27-16-8-7-14(12-17(16)24-2)22-19(23)9-6-13-10-15(21)20(26-4)18(11-13)25-3/h6-12H,5H2,1-4H3,(H,22,23)/b9-6+. The maximum Gasteiger partial charge on any atom is 0.248 e. The van der Waals surface area contributed by atoms with Crippen molar-refractivity contribution in [2.45, 2.75) is 6.92 Å². The normalized spacial score (nSPS) is 10.6. The van der Waals surface area contributed by atoms with E-state index in [1.54, 1.807) is 43.5 Å². The lowest BCUT2D eigenvalue weighted by Crippen LogP contribution is -2.08. The Morgan fingerprint density at radius 2 is 1.78 bits per heavy atom. The molecule has 144 valence electrons. The van der Waals surface area contributed by atoms with Crippen LogP contribution in [0.15, 0.2) is 36.4 Å². The van der Waals surface area contributed by atoms with Gasteiger partial charge >= 0.3 is 0 Å². The molecule has 1 N–H and O–H groups in total. The van der Waals surface area contributed by atoms with Crippen molar-refractivity contribution in [1.82, 2.24) is 0 Å². The molecule has 0 fully saturated rings. The molecule has 2 aromatic rings. The number of methoxy groups -OCH3 is 3. The van der Waals surface area contributed by atoms with Crippen LogP contribution in [0.3, 0.4) is 0 Å². The van der Waals surface area contributed by atoms with Gasteiger partial charge in [-0.25, -0.2) is 0 Å². The molecule has 0 bridgehead atoms. The van der Waals surface area contributed by atoms with Gasteiger partial charge in [-0.2, -0.15) is 0 Å². The summed E-state index contributed by atoms with van der Waals surface area (Å²) in [5, 5.41) is 3.17. The molecule has 0 heterocycles. The van der Waals surface area contributed by atoms with E-state index in [0.29, 0.717) is 45.9 Å². The number of hydrogen-bond acceptors (Lipinski definition) is 5. The third-order valence-corrected chi connectivity index (χ3v) is 3.89. The molecule has 0 radical (unpaired) electrons. The number of hydrogen-bond donors (Lipinski definition) is 1. The summed E-state index contributed by atoms with van der Waals surface area (Å²) in [5.74, 6) is 1.80. The average molecular weight is 392 g/mol. The van der Waals surface area contributed by atoms with E-state index in [2.05, 4.69) is 5.32 Å². The number of benzene rings is 2.